The summed E-state index contributed by atoms with van der Waals surface area (Å²) in [6.45, 7) is 4.38. The van der Waals surface area contributed by atoms with Crippen LogP contribution < -0.4 is 5.73 Å². The number of nitrogen functional groups attached to an aromatic ring is 1. The molecule has 4 heteroatoms. The first-order valence-electron chi connectivity index (χ1n) is 5.35. The number of nitrogens with two attached hydrogens (primary N) is 1. The van der Waals surface area contributed by atoms with Gasteiger partial charge in [0.05, 0.1) is 0 Å². The zero-order chi connectivity index (χ0) is 10.6. The van der Waals surface area contributed by atoms with Gasteiger partial charge < -0.3 is 5.73 Å². The van der Waals surface area contributed by atoms with Gasteiger partial charge in [-0.2, -0.15) is 10.1 Å². The second-order valence-electron chi connectivity index (χ2n) is 3.73. The second-order valence-corrected chi connectivity index (χ2v) is 3.73. The van der Waals surface area contributed by atoms with Crippen LogP contribution in [0.1, 0.15) is 51.3 Å². The van der Waals surface area contributed by atoms with Gasteiger partial charge in [0.25, 0.3) is 0 Å². The molecular formula is C10H20N4. The predicted octanol–water partition coefficient (Wildman–Crippen LogP) is 2.08. The molecule has 80 valence electrons. The summed E-state index contributed by atoms with van der Waals surface area (Å²) in [5.74, 6) is 1.90. The Morgan fingerprint density at radius 3 is 2.21 bits per heavy atom. The van der Waals surface area contributed by atoms with E-state index in [0.29, 0.717) is 11.9 Å². The third-order valence-corrected chi connectivity index (χ3v) is 2.45. The summed E-state index contributed by atoms with van der Waals surface area (Å²) in [6, 6.07) is 0. The normalized spacial score (nSPS) is 11.1. The molecule has 0 radical (unpaired) electrons. The van der Waals surface area contributed by atoms with Crippen LogP contribution in [-0.4, -0.2) is 14.8 Å². The molecule has 0 aliphatic rings. The Morgan fingerprint density at radius 2 is 1.86 bits per heavy atom. The van der Waals surface area contributed by atoms with Gasteiger partial charge in [-0.1, -0.05) is 26.7 Å². The molecule has 0 spiro atoms. The molecule has 1 aromatic rings. The second kappa shape index (κ2) is 4.98. The Balaban J connectivity index is 2.76. The summed E-state index contributed by atoms with van der Waals surface area (Å²) < 4.78 is 1.65. The molecule has 1 rings (SSSR count). The quantitative estimate of drug-likeness (QED) is 0.784. The fourth-order valence-electron chi connectivity index (χ4n) is 1.69. The molecule has 4 nitrogen and oxygen atoms in total. The average molecular weight is 196 g/mol. The van der Waals surface area contributed by atoms with Crippen molar-refractivity contribution in [2.45, 2.75) is 45.4 Å². The minimum atomic E-state index is 0.480. The molecule has 2 N–H and O–H groups in total. The van der Waals surface area contributed by atoms with Gasteiger partial charge in [0.1, 0.15) is 0 Å². The Bertz CT molecular complexity index is 254. The average Bonchev–Trinajstić information content (AvgIpc) is 2.47. The van der Waals surface area contributed by atoms with E-state index in [1.165, 1.54) is 12.8 Å². The van der Waals surface area contributed by atoms with Gasteiger partial charge in [-0.25, -0.2) is 4.68 Å². The number of nitrogens with zero attached hydrogens (tertiary/aromatic N) is 3. The monoisotopic (exact) mass is 196 g/mol. The molecule has 14 heavy (non-hydrogen) atoms. The SMILES string of the molecule is CCCC(CCC)c1nc(N)n(C)n1. The summed E-state index contributed by atoms with van der Waals surface area (Å²) >= 11 is 0. The van der Waals surface area contributed by atoms with Crippen LogP contribution in [0.3, 0.4) is 0 Å². The predicted molar refractivity (Wildman–Crippen MR) is 58.0 cm³/mol. The lowest BCUT2D eigenvalue weighted by Crippen LogP contribution is -2.02. The van der Waals surface area contributed by atoms with Crippen LogP contribution >= 0.6 is 0 Å². The molecule has 0 saturated heterocycles. The van der Waals surface area contributed by atoms with Crippen LogP contribution in [0, 0.1) is 0 Å². The number of anilines is 1. The van der Waals surface area contributed by atoms with Crippen molar-refractivity contribution >= 4 is 5.95 Å². The summed E-state index contributed by atoms with van der Waals surface area (Å²) in [6.07, 6.45) is 4.64. The Kier molecular flexibility index (Phi) is 3.92. The summed E-state index contributed by atoms with van der Waals surface area (Å²) in [7, 11) is 1.83. The van der Waals surface area contributed by atoms with E-state index in [1.807, 2.05) is 7.05 Å². The van der Waals surface area contributed by atoms with Crippen molar-refractivity contribution in [2.24, 2.45) is 7.05 Å². The zero-order valence-electron chi connectivity index (χ0n) is 9.32. The lowest BCUT2D eigenvalue weighted by molar-refractivity contribution is 0.529. The smallest absolute Gasteiger partial charge is 0.218 e. The topological polar surface area (TPSA) is 56.7 Å². The molecule has 1 heterocycles. The number of aryl methyl sites for hydroxylation is 1. The van der Waals surface area contributed by atoms with Crippen LogP contribution in [0.5, 0.6) is 0 Å². The van der Waals surface area contributed by atoms with Crippen LogP contribution in [0.2, 0.25) is 0 Å². The fraction of sp³-hybridized carbons (Fsp3) is 0.800. The van der Waals surface area contributed by atoms with E-state index in [4.69, 9.17) is 5.73 Å². The first-order chi connectivity index (χ1) is 6.69. The Hall–Kier alpha value is -1.06. The summed E-state index contributed by atoms with van der Waals surface area (Å²) in [4.78, 5) is 4.28. The highest BCUT2D eigenvalue weighted by Gasteiger charge is 2.15. The van der Waals surface area contributed by atoms with Gasteiger partial charge in [0.2, 0.25) is 5.95 Å². The minimum Gasteiger partial charge on any atom is -0.368 e. The molecule has 0 amide bonds. The Labute approximate surface area is 85.5 Å². The molecule has 0 aliphatic heterocycles. The van der Waals surface area contributed by atoms with Gasteiger partial charge >= 0.3 is 0 Å². The van der Waals surface area contributed by atoms with E-state index in [0.717, 1.165) is 18.7 Å². The maximum Gasteiger partial charge on any atom is 0.218 e. The van der Waals surface area contributed by atoms with E-state index < -0.39 is 0 Å². The molecule has 0 fully saturated rings. The number of hydrogen-bond donors (Lipinski definition) is 1. The van der Waals surface area contributed by atoms with Gasteiger partial charge in [-0.3, -0.25) is 0 Å². The number of hydrogen-bond acceptors (Lipinski definition) is 3. The van der Waals surface area contributed by atoms with Crippen molar-refractivity contribution in [3.8, 4) is 0 Å². The number of aromatic nitrogens is 3. The van der Waals surface area contributed by atoms with E-state index >= 15 is 0 Å². The molecule has 0 aliphatic carbocycles. The highest BCUT2D eigenvalue weighted by Crippen LogP contribution is 2.23. The maximum absolute atomic E-state index is 5.66. The van der Waals surface area contributed by atoms with Crippen molar-refractivity contribution in [3.63, 3.8) is 0 Å². The molecular weight excluding hydrogens is 176 g/mol. The largest absolute Gasteiger partial charge is 0.368 e. The maximum atomic E-state index is 5.66. The first kappa shape index (κ1) is 11.0. The van der Waals surface area contributed by atoms with E-state index in [9.17, 15) is 0 Å². The van der Waals surface area contributed by atoms with Crippen molar-refractivity contribution in [1.82, 2.24) is 14.8 Å². The molecule has 0 unspecified atom stereocenters. The third-order valence-electron chi connectivity index (χ3n) is 2.45. The van der Waals surface area contributed by atoms with E-state index in [2.05, 4.69) is 23.9 Å². The van der Waals surface area contributed by atoms with Crippen molar-refractivity contribution in [3.05, 3.63) is 5.82 Å². The van der Waals surface area contributed by atoms with Crippen molar-refractivity contribution in [1.29, 1.82) is 0 Å². The van der Waals surface area contributed by atoms with Gasteiger partial charge in [-0.15, -0.1) is 0 Å². The van der Waals surface area contributed by atoms with Crippen LogP contribution in [0.4, 0.5) is 5.95 Å². The van der Waals surface area contributed by atoms with Gasteiger partial charge in [0.15, 0.2) is 5.82 Å². The van der Waals surface area contributed by atoms with Crippen LogP contribution in [0.25, 0.3) is 0 Å². The third kappa shape index (κ3) is 2.47. The standard InChI is InChI=1S/C10H20N4/c1-4-6-8(7-5-2)9-12-10(11)14(3)13-9/h8H,4-7H2,1-3H3,(H2,11,12,13). The molecule has 1 aromatic heterocycles. The highest BCUT2D eigenvalue weighted by molar-refractivity contribution is 5.16. The van der Waals surface area contributed by atoms with Crippen LogP contribution in [-0.2, 0) is 7.05 Å². The first-order valence-corrected chi connectivity index (χ1v) is 5.35. The molecule has 0 bridgehead atoms. The van der Waals surface area contributed by atoms with Crippen molar-refractivity contribution < 1.29 is 0 Å². The summed E-state index contributed by atoms with van der Waals surface area (Å²) in [5, 5.41) is 4.33. The lowest BCUT2D eigenvalue weighted by Gasteiger charge is -2.10. The number of rotatable bonds is 5. The van der Waals surface area contributed by atoms with E-state index in [1.54, 1.807) is 4.68 Å². The zero-order valence-corrected chi connectivity index (χ0v) is 9.32. The molecule has 0 saturated carbocycles. The summed E-state index contributed by atoms with van der Waals surface area (Å²) in [5.41, 5.74) is 5.66. The van der Waals surface area contributed by atoms with Gasteiger partial charge in [0, 0.05) is 13.0 Å². The van der Waals surface area contributed by atoms with Gasteiger partial charge in [-0.05, 0) is 12.8 Å². The molecule has 0 aromatic carbocycles. The lowest BCUT2D eigenvalue weighted by atomic mass is 9.98. The van der Waals surface area contributed by atoms with E-state index in [-0.39, 0.29) is 0 Å². The minimum absolute atomic E-state index is 0.480. The fourth-order valence-corrected chi connectivity index (χ4v) is 1.69. The molecule has 0 atom stereocenters. The Morgan fingerprint density at radius 1 is 1.29 bits per heavy atom. The van der Waals surface area contributed by atoms with Crippen molar-refractivity contribution in [2.75, 3.05) is 5.73 Å². The highest BCUT2D eigenvalue weighted by atomic mass is 15.4. The van der Waals surface area contributed by atoms with Crippen LogP contribution in [0.15, 0.2) is 0 Å².